The molecule has 2 aromatic rings. The zero-order valence-electron chi connectivity index (χ0n) is 11.6. The molecular formula is C15H16ClNO2S. The predicted molar refractivity (Wildman–Crippen MR) is 82.9 cm³/mol. The van der Waals surface area contributed by atoms with Gasteiger partial charge in [0.05, 0.1) is 18.0 Å². The van der Waals surface area contributed by atoms with Gasteiger partial charge in [0, 0.05) is 17.5 Å². The third-order valence-electron chi connectivity index (χ3n) is 3.02. The summed E-state index contributed by atoms with van der Waals surface area (Å²) in [6.45, 7) is 2.50. The summed E-state index contributed by atoms with van der Waals surface area (Å²) >= 11 is 7.38. The number of carbonyl (C=O) groups is 1. The van der Waals surface area contributed by atoms with Crippen LogP contribution < -0.4 is 4.74 Å². The van der Waals surface area contributed by atoms with Crippen molar-refractivity contribution >= 4 is 28.8 Å². The van der Waals surface area contributed by atoms with E-state index in [0.29, 0.717) is 12.1 Å². The Morgan fingerprint density at radius 1 is 1.35 bits per heavy atom. The Balaban J connectivity index is 2.14. The van der Waals surface area contributed by atoms with Crippen LogP contribution in [0.15, 0.2) is 30.3 Å². The number of nitrogens with zero attached hydrogens (tertiary/aromatic N) is 1. The molecule has 0 aliphatic heterocycles. The topological polar surface area (TPSA) is 29.5 Å². The number of halogens is 1. The van der Waals surface area contributed by atoms with Crippen molar-refractivity contribution in [2.24, 2.45) is 0 Å². The molecule has 1 aromatic heterocycles. The van der Waals surface area contributed by atoms with Crippen LogP contribution in [0.2, 0.25) is 4.34 Å². The second-order valence-corrected chi connectivity index (χ2v) is 6.35. The van der Waals surface area contributed by atoms with Crippen LogP contribution in [-0.2, 0) is 6.54 Å². The van der Waals surface area contributed by atoms with E-state index in [4.69, 9.17) is 16.3 Å². The van der Waals surface area contributed by atoms with Crippen molar-refractivity contribution in [2.45, 2.75) is 13.5 Å². The van der Waals surface area contributed by atoms with Crippen LogP contribution in [0.25, 0.3) is 0 Å². The van der Waals surface area contributed by atoms with Gasteiger partial charge in [0.15, 0.2) is 0 Å². The Hall–Kier alpha value is -1.52. The number of hydrogen-bond acceptors (Lipinski definition) is 3. The minimum atomic E-state index is -0.0344. The van der Waals surface area contributed by atoms with Gasteiger partial charge in [0.1, 0.15) is 5.75 Å². The third-order valence-corrected chi connectivity index (χ3v) is 4.24. The highest BCUT2D eigenvalue weighted by Gasteiger charge is 2.14. The number of rotatable bonds is 4. The molecule has 0 atom stereocenters. The first kappa shape index (κ1) is 14.9. The normalized spacial score (nSPS) is 10.4. The van der Waals surface area contributed by atoms with Crippen molar-refractivity contribution < 1.29 is 9.53 Å². The predicted octanol–water partition coefficient (Wildman–Crippen LogP) is 3.99. The number of aryl methyl sites for hydroxylation is 1. The van der Waals surface area contributed by atoms with Gasteiger partial charge in [0.25, 0.3) is 5.91 Å². The Labute approximate surface area is 127 Å². The van der Waals surface area contributed by atoms with Crippen molar-refractivity contribution in [3.63, 3.8) is 0 Å². The van der Waals surface area contributed by atoms with Crippen molar-refractivity contribution in [1.29, 1.82) is 0 Å². The molecule has 1 heterocycles. The molecule has 0 spiro atoms. The molecule has 3 nitrogen and oxygen atoms in total. The summed E-state index contributed by atoms with van der Waals surface area (Å²) in [6, 6.07) is 9.26. The summed E-state index contributed by atoms with van der Waals surface area (Å²) in [7, 11) is 3.39. The molecule has 0 saturated heterocycles. The molecule has 0 bridgehead atoms. The van der Waals surface area contributed by atoms with Crippen LogP contribution in [0.5, 0.6) is 5.75 Å². The maximum atomic E-state index is 12.4. The smallest absolute Gasteiger partial charge is 0.254 e. The largest absolute Gasteiger partial charge is 0.496 e. The number of ether oxygens (including phenoxy) is 1. The number of hydrogen-bond donors (Lipinski definition) is 0. The first-order chi connectivity index (χ1) is 9.51. The average Bonchev–Trinajstić information content (AvgIpc) is 2.83. The number of benzene rings is 1. The molecular weight excluding hydrogens is 294 g/mol. The quantitative estimate of drug-likeness (QED) is 0.854. The number of methoxy groups -OCH3 is 1. The molecule has 1 amide bonds. The minimum absolute atomic E-state index is 0.0344. The Morgan fingerprint density at radius 3 is 2.70 bits per heavy atom. The molecule has 2 rings (SSSR count). The van der Waals surface area contributed by atoms with Crippen LogP contribution in [0.1, 0.15) is 20.8 Å². The van der Waals surface area contributed by atoms with Crippen molar-refractivity contribution in [2.75, 3.05) is 14.2 Å². The zero-order valence-corrected chi connectivity index (χ0v) is 13.2. The van der Waals surface area contributed by atoms with Gasteiger partial charge in [0.2, 0.25) is 0 Å². The molecule has 0 saturated carbocycles. The third kappa shape index (κ3) is 3.32. The first-order valence-electron chi connectivity index (χ1n) is 6.15. The lowest BCUT2D eigenvalue weighted by atomic mass is 10.1. The molecule has 0 unspecified atom stereocenters. The molecule has 0 N–H and O–H groups in total. The van der Waals surface area contributed by atoms with E-state index in [1.165, 1.54) is 11.3 Å². The maximum absolute atomic E-state index is 12.4. The van der Waals surface area contributed by atoms with E-state index >= 15 is 0 Å². The van der Waals surface area contributed by atoms with E-state index in [1.54, 1.807) is 25.1 Å². The number of amides is 1. The molecule has 1 aromatic carbocycles. The van der Waals surface area contributed by atoms with Crippen LogP contribution in [0.3, 0.4) is 0 Å². The molecule has 106 valence electrons. The van der Waals surface area contributed by atoms with Gasteiger partial charge < -0.3 is 9.64 Å². The van der Waals surface area contributed by atoms with Gasteiger partial charge in [-0.05, 0) is 36.8 Å². The van der Waals surface area contributed by atoms with E-state index in [-0.39, 0.29) is 5.91 Å². The fourth-order valence-corrected chi connectivity index (χ4v) is 3.06. The van der Waals surface area contributed by atoms with Crippen LogP contribution in [0.4, 0.5) is 0 Å². The standard InChI is InChI=1S/C15H16ClNO2S/c1-10-4-5-11(8-13(10)19-3)15(18)17(2)9-12-6-7-14(16)20-12/h4-8H,9H2,1-3H3. The van der Waals surface area contributed by atoms with Crippen LogP contribution in [-0.4, -0.2) is 25.0 Å². The van der Waals surface area contributed by atoms with E-state index in [9.17, 15) is 4.79 Å². The lowest BCUT2D eigenvalue weighted by molar-refractivity contribution is 0.0786. The van der Waals surface area contributed by atoms with Crippen LogP contribution in [0, 0.1) is 6.92 Å². The zero-order chi connectivity index (χ0) is 14.7. The van der Waals surface area contributed by atoms with Gasteiger partial charge in [-0.3, -0.25) is 4.79 Å². The van der Waals surface area contributed by atoms with Gasteiger partial charge in [-0.25, -0.2) is 0 Å². The molecule has 20 heavy (non-hydrogen) atoms. The van der Waals surface area contributed by atoms with E-state index < -0.39 is 0 Å². The van der Waals surface area contributed by atoms with Crippen molar-refractivity contribution in [3.8, 4) is 5.75 Å². The van der Waals surface area contributed by atoms with Crippen LogP contribution >= 0.6 is 22.9 Å². The summed E-state index contributed by atoms with van der Waals surface area (Å²) < 4.78 is 5.99. The highest BCUT2D eigenvalue weighted by molar-refractivity contribution is 7.16. The first-order valence-corrected chi connectivity index (χ1v) is 7.35. The average molecular weight is 310 g/mol. The van der Waals surface area contributed by atoms with Gasteiger partial charge in [-0.1, -0.05) is 17.7 Å². The van der Waals surface area contributed by atoms with E-state index in [2.05, 4.69) is 0 Å². The second kappa shape index (κ2) is 6.29. The molecule has 0 aliphatic rings. The second-order valence-electron chi connectivity index (χ2n) is 4.55. The summed E-state index contributed by atoms with van der Waals surface area (Å²) in [6.07, 6.45) is 0. The van der Waals surface area contributed by atoms with E-state index in [0.717, 1.165) is 20.5 Å². The van der Waals surface area contributed by atoms with Gasteiger partial charge >= 0.3 is 0 Å². The molecule has 5 heteroatoms. The fraction of sp³-hybridized carbons (Fsp3) is 0.267. The number of thiophene rings is 1. The molecule has 0 fully saturated rings. The van der Waals surface area contributed by atoms with Gasteiger partial charge in [-0.15, -0.1) is 11.3 Å². The van der Waals surface area contributed by atoms with Crippen molar-refractivity contribution in [3.05, 3.63) is 50.7 Å². The monoisotopic (exact) mass is 309 g/mol. The Kier molecular flexibility index (Phi) is 4.68. The minimum Gasteiger partial charge on any atom is -0.496 e. The lowest BCUT2D eigenvalue weighted by Gasteiger charge is -2.17. The highest BCUT2D eigenvalue weighted by Crippen LogP contribution is 2.24. The SMILES string of the molecule is COc1cc(C(=O)N(C)Cc2ccc(Cl)s2)ccc1C. The lowest BCUT2D eigenvalue weighted by Crippen LogP contribution is -2.25. The summed E-state index contributed by atoms with van der Waals surface area (Å²) in [4.78, 5) is 15.1. The molecule has 0 aliphatic carbocycles. The Bertz CT molecular complexity index is 624. The number of carbonyl (C=O) groups excluding carboxylic acids is 1. The Morgan fingerprint density at radius 2 is 2.10 bits per heavy atom. The summed E-state index contributed by atoms with van der Waals surface area (Å²) in [5, 5.41) is 0. The fourth-order valence-electron chi connectivity index (χ4n) is 1.92. The van der Waals surface area contributed by atoms with Gasteiger partial charge in [-0.2, -0.15) is 0 Å². The maximum Gasteiger partial charge on any atom is 0.254 e. The molecule has 0 radical (unpaired) electrons. The summed E-state index contributed by atoms with van der Waals surface area (Å²) in [5.41, 5.74) is 1.63. The van der Waals surface area contributed by atoms with E-state index in [1.807, 2.05) is 31.2 Å². The van der Waals surface area contributed by atoms with Crippen molar-refractivity contribution in [1.82, 2.24) is 4.90 Å². The highest BCUT2D eigenvalue weighted by atomic mass is 35.5. The summed E-state index contributed by atoms with van der Waals surface area (Å²) in [5.74, 6) is 0.691.